The first kappa shape index (κ1) is 17.7. The molecule has 0 aliphatic heterocycles. The topological polar surface area (TPSA) is 215 Å². The normalized spacial score (nSPS) is 10.7. The molecule has 0 aliphatic rings. The van der Waals surface area contributed by atoms with Crippen molar-refractivity contribution < 1.29 is 0 Å². The van der Waals surface area contributed by atoms with E-state index in [1.54, 1.807) is 6.07 Å². The van der Waals surface area contributed by atoms with Crippen molar-refractivity contribution in [1.29, 1.82) is 21.6 Å². The number of hydrogen-bond donors (Lipinski definition) is 9. The summed E-state index contributed by atoms with van der Waals surface area (Å²) in [4.78, 5) is 3.18. The molecular weight excluding hydrogens is 342 g/mol. The van der Waals surface area contributed by atoms with Crippen LogP contribution in [0.15, 0.2) is 36.4 Å². The SMILES string of the molecule is N=C(N)c1cc2[nH]c(-c3ccccc3)c(C(=N)N)c2c(C(=N)N)c1C(=N)N. The number of H-pyrrole nitrogens is 1. The monoisotopic (exact) mass is 361 g/mol. The molecule has 9 heteroatoms. The van der Waals surface area contributed by atoms with Crippen molar-refractivity contribution >= 4 is 34.2 Å². The molecule has 0 fully saturated rings. The molecule has 136 valence electrons. The van der Waals surface area contributed by atoms with Crippen LogP contribution in [0, 0.1) is 21.6 Å². The van der Waals surface area contributed by atoms with Crippen LogP contribution in [0.25, 0.3) is 22.2 Å². The van der Waals surface area contributed by atoms with Gasteiger partial charge in [0, 0.05) is 27.6 Å². The van der Waals surface area contributed by atoms with Crippen LogP contribution >= 0.6 is 0 Å². The molecule has 3 aromatic rings. The van der Waals surface area contributed by atoms with E-state index in [4.69, 9.17) is 44.6 Å². The van der Waals surface area contributed by atoms with E-state index in [0.717, 1.165) is 5.56 Å². The molecule has 0 saturated carbocycles. The highest BCUT2D eigenvalue weighted by molar-refractivity contribution is 6.26. The summed E-state index contributed by atoms with van der Waals surface area (Å²) in [5.74, 6) is -1.30. The molecule has 9 nitrogen and oxygen atoms in total. The van der Waals surface area contributed by atoms with Gasteiger partial charge in [-0.05, 0) is 11.6 Å². The van der Waals surface area contributed by atoms with E-state index in [9.17, 15) is 0 Å². The summed E-state index contributed by atoms with van der Waals surface area (Å²) in [6.45, 7) is 0. The van der Waals surface area contributed by atoms with E-state index in [-0.39, 0.29) is 40.0 Å². The Kier molecular flexibility index (Phi) is 4.12. The molecular formula is C18H19N9. The molecule has 0 spiro atoms. The summed E-state index contributed by atoms with van der Waals surface area (Å²) in [6.07, 6.45) is 0. The van der Waals surface area contributed by atoms with Gasteiger partial charge in [0.2, 0.25) is 0 Å². The lowest BCUT2D eigenvalue weighted by molar-refractivity contribution is 1.36. The molecule has 1 heterocycles. The first-order valence-corrected chi connectivity index (χ1v) is 7.89. The van der Waals surface area contributed by atoms with Gasteiger partial charge in [-0.3, -0.25) is 21.6 Å². The van der Waals surface area contributed by atoms with E-state index in [1.807, 2.05) is 30.3 Å². The molecule has 2 aromatic carbocycles. The zero-order valence-corrected chi connectivity index (χ0v) is 14.3. The summed E-state index contributed by atoms with van der Waals surface area (Å²) in [7, 11) is 0. The van der Waals surface area contributed by atoms with Gasteiger partial charge in [0.25, 0.3) is 0 Å². The number of amidine groups is 4. The van der Waals surface area contributed by atoms with Gasteiger partial charge in [0.15, 0.2) is 0 Å². The number of nitrogens with two attached hydrogens (primary N) is 4. The van der Waals surface area contributed by atoms with Crippen molar-refractivity contribution in [3.05, 3.63) is 58.7 Å². The highest BCUT2D eigenvalue weighted by Gasteiger charge is 2.26. The van der Waals surface area contributed by atoms with Gasteiger partial charge in [0.05, 0.1) is 11.3 Å². The Labute approximate surface area is 154 Å². The van der Waals surface area contributed by atoms with Crippen molar-refractivity contribution in [2.45, 2.75) is 0 Å². The Morgan fingerprint density at radius 2 is 1.26 bits per heavy atom. The average molecular weight is 361 g/mol. The molecule has 0 amide bonds. The van der Waals surface area contributed by atoms with Crippen LogP contribution in [-0.4, -0.2) is 28.3 Å². The molecule has 0 saturated heterocycles. The van der Waals surface area contributed by atoms with Crippen LogP contribution < -0.4 is 22.9 Å². The van der Waals surface area contributed by atoms with Crippen molar-refractivity contribution in [2.24, 2.45) is 22.9 Å². The van der Waals surface area contributed by atoms with Crippen LogP contribution in [0.4, 0.5) is 0 Å². The molecule has 13 N–H and O–H groups in total. The third kappa shape index (κ3) is 2.76. The van der Waals surface area contributed by atoms with Crippen LogP contribution in [0.5, 0.6) is 0 Å². The van der Waals surface area contributed by atoms with Gasteiger partial charge in [0.1, 0.15) is 23.3 Å². The fourth-order valence-electron chi connectivity index (χ4n) is 3.22. The van der Waals surface area contributed by atoms with Gasteiger partial charge in [-0.15, -0.1) is 0 Å². The number of nitrogen functional groups attached to an aromatic ring is 4. The van der Waals surface area contributed by atoms with Crippen LogP contribution in [0.2, 0.25) is 0 Å². The zero-order chi connectivity index (χ0) is 19.9. The maximum atomic E-state index is 8.07. The third-order valence-electron chi connectivity index (χ3n) is 4.25. The standard InChI is InChI=1S/C18H19N9/c19-15(20)8-6-9-11(12(17(23)24)10(8)16(21)22)13(18(25)26)14(27-9)7-4-2-1-3-5-7/h1-6,27H,(H3,19,20)(H3,21,22)(H3,23,24)(H3,25,26). The van der Waals surface area contributed by atoms with Crippen molar-refractivity contribution in [3.63, 3.8) is 0 Å². The van der Waals surface area contributed by atoms with E-state index in [0.29, 0.717) is 22.2 Å². The molecule has 0 aliphatic carbocycles. The Balaban J connectivity index is 2.59. The highest BCUT2D eigenvalue weighted by Crippen LogP contribution is 2.35. The highest BCUT2D eigenvalue weighted by atomic mass is 14.8. The molecule has 0 unspecified atom stereocenters. The van der Waals surface area contributed by atoms with Gasteiger partial charge < -0.3 is 27.9 Å². The molecule has 3 rings (SSSR count). The number of aromatic amines is 1. The lowest BCUT2D eigenvalue weighted by Crippen LogP contribution is -2.27. The molecule has 0 bridgehead atoms. The first-order chi connectivity index (χ1) is 12.7. The van der Waals surface area contributed by atoms with E-state index >= 15 is 0 Å². The van der Waals surface area contributed by atoms with Crippen LogP contribution in [0.3, 0.4) is 0 Å². The molecule has 0 atom stereocenters. The van der Waals surface area contributed by atoms with Crippen LogP contribution in [0.1, 0.15) is 22.3 Å². The largest absolute Gasteiger partial charge is 0.384 e. The fraction of sp³-hybridized carbons (Fsp3) is 0. The zero-order valence-electron chi connectivity index (χ0n) is 14.3. The lowest BCUT2D eigenvalue weighted by atomic mass is 9.92. The van der Waals surface area contributed by atoms with E-state index in [2.05, 4.69) is 4.98 Å². The number of hydrogen-bond acceptors (Lipinski definition) is 4. The van der Waals surface area contributed by atoms with Crippen molar-refractivity contribution in [1.82, 2.24) is 4.98 Å². The summed E-state index contributed by atoms with van der Waals surface area (Å²) in [5.41, 5.74) is 25.6. The summed E-state index contributed by atoms with van der Waals surface area (Å²) in [6, 6.07) is 10.8. The minimum absolute atomic E-state index is 0.0728. The number of benzene rings is 2. The smallest absolute Gasteiger partial charge is 0.125 e. The Morgan fingerprint density at radius 3 is 1.74 bits per heavy atom. The van der Waals surface area contributed by atoms with Gasteiger partial charge in [-0.25, -0.2) is 0 Å². The molecule has 27 heavy (non-hydrogen) atoms. The maximum absolute atomic E-state index is 8.07. The van der Waals surface area contributed by atoms with E-state index in [1.165, 1.54) is 0 Å². The second-order valence-electron chi connectivity index (χ2n) is 5.99. The average Bonchev–Trinajstić information content (AvgIpc) is 2.99. The Bertz CT molecular complexity index is 1120. The summed E-state index contributed by atoms with van der Waals surface area (Å²) >= 11 is 0. The molecule has 1 aromatic heterocycles. The maximum Gasteiger partial charge on any atom is 0.125 e. The fourth-order valence-corrected chi connectivity index (χ4v) is 3.22. The lowest BCUT2D eigenvalue weighted by Gasteiger charge is -2.15. The molecule has 0 radical (unpaired) electrons. The summed E-state index contributed by atoms with van der Waals surface area (Å²) in [5, 5.41) is 32.2. The summed E-state index contributed by atoms with van der Waals surface area (Å²) < 4.78 is 0. The van der Waals surface area contributed by atoms with Gasteiger partial charge >= 0.3 is 0 Å². The predicted octanol–water partition coefficient (Wildman–Crippen LogP) is 0.971. The number of aromatic nitrogens is 1. The number of rotatable bonds is 5. The first-order valence-electron chi connectivity index (χ1n) is 7.89. The second kappa shape index (κ2) is 6.30. The van der Waals surface area contributed by atoms with Crippen LogP contribution in [-0.2, 0) is 0 Å². The minimum Gasteiger partial charge on any atom is -0.384 e. The predicted molar refractivity (Wildman–Crippen MR) is 108 cm³/mol. The van der Waals surface area contributed by atoms with Crippen molar-refractivity contribution in [2.75, 3.05) is 0 Å². The quantitative estimate of drug-likeness (QED) is 0.240. The van der Waals surface area contributed by atoms with Gasteiger partial charge in [-0.2, -0.15) is 0 Å². The number of fused-ring (bicyclic) bond motifs is 1. The van der Waals surface area contributed by atoms with E-state index < -0.39 is 0 Å². The third-order valence-corrected chi connectivity index (χ3v) is 4.25. The second-order valence-corrected chi connectivity index (χ2v) is 5.99. The minimum atomic E-state index is -0.385. The van der Waals surface area contributed by atoms with Gasteiger partial charge in [-0.1, -0.05) is 30.3 Å². The number of nitrogens with one attached hydrogen (secondary N) is 5. The Morgan fingerprint density at radius 1 is 0.704 bits per heavy atom. The Hall–Kier alpha value is -4.14. The van der Waals surface area contributed by atoms with Crippen molar-refractivity contribution in [3.8, 4) is 11.3 Å².